The number of nitrogens with zero attached hydrogens (tertiary/aromatic N) is 2. The third kappa shape index (κ3) is 6.12. The molecule has 0 spiro atoms. The SMILES string of the molecule is COC(=Nc1ccccc1OC)c1ccc(C(C)(C)c2ccc(C(=Nc3ccccc3OC)OC)cc2)cc1. The molecule has 4 aromatic carbocycles. The summed E-state index contributed by atoms with van der Waals surface area (Å²) in [6.45, 7) is 4.41. The van der Waals surface area contributed by atoms with Gasteiger partial charge < -0.3 is 18.9 Å². The Bertz CT molecular complexity index is 1350. The maximum atomic E-state index is 5.62. The average molecular weight is 523 g/mol. The van der Waals surface area contributed by atoms with Gasteiger partial charge in [0.15, 0.2) is 0 Å². The van der Waals surface area contributed by atoms with Crippen LogP contribution in [0.25, 0.3) is 0 Å². The van der Waals surface area contributed by atoms with Crippen molar-refractivity contribution in [1.82, 2.24) is 0 Å². The van der Waals surface area contributed by atoms with Crippen molar-refractivity contribution in [3.63, 3.8) is 0 Å². The van der Waals surface area contributed by atoms with Crippen LogP contribution in [0.5, 0.6) is 11.5 Å². The number of rotatable bonds is 8. The largest absolute Gasteiger partial charge is 0.494 e. The Morgan fingerprint density at radius 2 is 0.872 bits per heavy atom. The van der Waals surface area contributed by atoms with Gasteiger partial charge in [0.2, 0.25) is 11.8 Å². The zero-order valence-corrected chi connectivity index (χ0v) is 23.3. The van der Waals surface area contributed by atoms with Crippen molar-refractivity contribution in [3.8, 4) is 11.5 Å². The minimum atomic E-state index is -0.239. The van der Waals surface area contributed by atoms with E-state index in [0.717, 1.165) is 11.1 Å². The predicted molar refractivity (Wildman–Crippen MR) is 157 cm³/mol. The number of methoxy groups -OCH3 is 4. The van der Waals surface area contributed by atoms with E-state index in [1.165, 1.54) is 11.1 Å². The van der Waals surface area contributed by atoms with E-state index < -0.39 is 0 Å². The highest BCUT2D eigenvalue weighted by molar-refractivity contribution is 5.97. The summed E-state index contributed by atoms with van der Waals surface area (Å²) >= 11 is 0. The molecule has 0 amide bonds. The first kappa shape index (κ1) is 27.5. The van der Waals surface area contributed by atoms with Gasteiger partial charge >= 0.3 is 0 Å². The van der Waals surface area contributed by atoms with Gasteiger partial charge in [0.1, 0.15) is 22.9 Å². The first-order valence-electron chi connectivity index (χ1n) is 12.6. The second kappa shape index (κ2) is 12.3. The van der Waals surface area contributed by atoms with Crippen LogP contribution in [0.4, 0.5) is 11.4 Å². The van der Waals surface area contributed by atoms with Crippen molar-refractivity contribution in [2.75, 3.05) is 28.4 Å². The molecule has 0 atom stereocenters. The molecule has 0 saturated carbocycles. The van der Waals surface area contributed by atoms with E-state index in [1.54, 1.807) is 28.4 Å². The summed E-state index contributed by atoms with van der Waals surface area (Å²) in [5.41, 5.74) is 5.29. The van der Waals surface area contributed by atoms with E-state index in [2.05, 4.69) is 48.1 Å². The van der Waals surface area contributed by atoms with Crippen LogP contribution < -0.4 is 9.47 Å². The standard InChI is InChI=1S/C33H34N2O4/c1-33(2,25-19-15-23(16-20-25)31(38-5)34-27-11-7-9-13-29(27)36-3)26-21-17-24(18-22-26)32(39-6)35-28-12-8-10-14-30(28)37-4/h7-22H,1-6H3. The van der Waals surface area contributed by atoms with E-state index in [4.69, 9.17) is 18.9 Å². The lowest BCUT2D eigenvalue weighted by molar-refractivity contribution is 0.402. The van der Waals surface area contributed by atoms with Gasteiger partial charge in [-0.2, -0.15) is 0 Å². The molecule has 6 nitrogen and oxygen atoms in total. The van der Waals surface area contributed by atoms with Crippen molar-refractivity contribution in [2.24, 2.45) is 9.98 Å². The fourth-order valence-electron chi connectivity index (χ4n) is 4.34. The van der Waals surface area contributed by atoms with Gasteiger partial charge in [-0.15, -0.1) is 0 Å². The summed E-state index contributed by atoms with van der Waals surface area (Å²) in [7, 11) is 6.51. The fraction of sp³-hybridized carbons (Fsp3) is 0.212. The molecule has 0 aliphatic carbocycles. The first-order valence-corrected chi connectivity index (χ1v) is 12.6. The van der Waals surface area contributed by atoms with E-state index in [9.17, 15) is 0 Å². The Hall–Kier alpha value is -4.58. The Kier molecular flexibility index (Phi) is 8.67. The Morgan fingerprint density at radius 3 is 1.21 bits per heavy atom. The molecule has 0 aromatic heterocycles. The Labute approximate surface area is 230 Å². The van der Waals surface area contributed by atoms with Crippen molar-refractivity contribution in [2.45, 2.75) is 19.3 Å². The lowest BCUT2D eigenvalue weighted by Crippen LogP contribution is -2.19. The molecule has 0 fully saturated rings. The number of hydrogen-bond donors (Lipinski definition) is 0. The molecule has 0 saturated heterocycles. The van der Waals surface area contributed by atoms with Crippen LogP contribution in [0, 0.1) is 0 Å². The average Bonchev–Trinajstić information content (AvgIpc) is 2.99. The lowest BCUT2D eigenvalue weighted by atomic mass is 9.78. The number of hydrogen-bond acceptors (Lipinski definition) is 6. The van der Waals surface area contributed by atoms with Crippen molar-refractivity contribution in [1.29, 1.82) is 0 Å². The highest BCUT2D eigenvalue weighted by Gasteiger charge is 2.24. The highest BCUT2D eigenvalue weighted by Crippen LogP contribution is 2.33. The van der Waals surface area contributed by atoms with Crippen LogP contribution in [0.2, 0.25) is 0 Å². The van der Waals surface area contributed by atoms with Gasteiger partial charge in [0, 0.05) is 16.5 Å². The molecule has 0 N–H and O–H groups in total. The predicted octanol–water partition coefficient (Wildman–Crippen LogP) is 7.48. The van der Waals surface area contributed by atoms with Gasteiger partial charge in [-0.25, -0.2) is 9.98 Å². The topological polar surface area (TPSA) is 61.6 Å². The van der Waals surface area contributed by atoms with Gasteiger partial charge in [-0.05, 0) is 59.7 Å². The Balaban J connectivity index is 1.58. The van der Waals surface area contributed by atoms with Crippen LogP contribution in [-0.2, 0) is 14.9 Å². The molecule has 4 aromatic rings. The molecule has 0 radical (unpaired) electrons. The van der Waals surface area contributed by atoms with E-state index in [-0.39, 0.29) is 5.41 Å². The van der Waals surface area contributed by atoms with Gasteiger partial charge in [0.05, 0.1) is 28.4 Å². The minimum absolute atomic E-state index is 0.239. The number of benzene rings is 4. The van der Waals surface area contributed by atoms with E-state index in [0.29, 0.717) is 34.7 Å². The molecular formula is C33H34N2O4. The van der Waals surface area contributed by atoms with Gasteiger partial charge in [-0.3, -0.25) is 0 Å². The zero-order valence-electron chi connectivity index (χ0n) is 23.3. The maximum absolute atomic E-state index is 5.62. The fourth-order valence-corrected chi connectivity index (χ4v) is 4.34. The van der Waals surface area contributed by atoms with Gasteiger partial charge in [-0.1, -0.05) is 62.4 Å². The number of ether oxygens (including phenoxy) is 4. The summed E-state index contributed by atoms with van der Waals surface area (Å²) < 4.78 is 22.1. The van der Waals surface area contributed by atoms with Crippen molar-refractivity contribution in [3.05, 3.63) is 119 Å². The zero-order chi connectivity index (χ0) is 27.8. The second-order valence-electron chi connectivity index (χ2n) is 9.37. The highest BCUT2D eigenvalue weighted by atomic mass is 16.5. The number of aliphatic imine (C=N–C) groups is 2. The quantitative estimate of drug-likeness (QED) is 0.178. The van der Waals surface area contributed by atoms with Crippen molar-refractivity contribution < 1.29 is 18.9 Å². The van der Waals surface area contributed by atoms with E-state index in [1.807, 2.05) is 72.8 Å². The summed E-state index contributed by atoms with van der Waals surface area (Å²) in [5.74, 6) is 2.43. The molecule has 0 heterocycles. The molecule has 6 heteroatoms. The molecule has 4 rings (SSSR count). The van der Waals surface area contributed by atoms with Crippen LogP contribution in [0.3, 0.4) is 0 Å². The molecule has 39 heavy (non-hydrogen) atoms. The van der Waals surface area contributed by atoms with Crippen molar-refractivity contribution >= 4 is 23.2 Å². The monoisotopic (exact) mass is 522 g/mol. The molecule has 200 valence electrons. The van der Waals surface area contributed by atoms with Crippen LogP contribution in [0.1, 0.15) is 36.1 Å². The normalized spacial score (nSPS) is 12.2. The minimum Gasteiger partial charge on any atom is -0.494 e. The first-order chi connectivity index (χ1) is 18.9. The van der Waals surface area contributed by atoms with Gasteiger partial charge in [0.25, 0.3) is 0 Å². The van der Waals surface area contributed by atoms with E-state index >= 15 is 0 Å². The number of para-hydroxylation sites is 4. The van der Waals surface area contributed by atoms with Crippen LogP contribution in [-0.4, -0.2) is 40.2 Å². The summed E-state index contributed by atoms with van der Waals surface area (Å²) in [4.78, 5) is 9.36. The Morgan fingerprint density at radius 1 is 0.513 bits per heavy atom. The molecule has 0 bridgehead atoms. The van der Waals surface area contributed by atoms with Crippen LogP contribution in [0.15, 0.2) is 107 Å². The molecule has 0 aliphatic rings. The lowest BCUT2D eigenvalue weighted by Gasteiger charge is -2.26. The smallest absolute Gasteiger partial charge is 0.221 e. The third-order valence-electron chi connectivity index (χ3n) is 6.71. The maximum Gasteiger partial charge on any atom is 0.221 e. The molecular weight excluding hydrogens is 488 g/mol. The molecule has 0 aliphatic heterocycles. The summed E-state index contributed by atoms with van der Waals surface area (Å²) in [6.07, 6.45) is 0. The summed E-state index contributed by atoms with van der Waals surface area (Å²) in [6, 6.07) is 31.8. The summed E-state index contributed by atoms with van der Waals surface area (Å²) in [5, 5.41) is 0. The molecule has 0 unspecified atom stereocenters. The second-order valence-corrected chi connectivity index (χ2v) is 9.37. The van der Waals surface area contributed by atoms with Crippen LogP contribution >= 0.6 is 0 Å². The third-order valence-corrected chi connectivity index (χ3v) is 6.71.